The highest BCUT2D eigenvalue weighted by atomic mass is 35.5. The second-order valence-electron chi connectivity index (χ2n) is 5.54. The number of nitrogens with zero attached hydrogens (tertiary/aromatic N) is 2. The molecule has 2 heterocycles. The Morgan fingerprint density at radius 3 is 2.91 bits per heavy atom. The molecule has 0 amide bonds. The lowest BCUT2D eigenvalue weighted by molar-refractivity contribution is 0.483. The van der Waals surface area contributed by atoms with Crippen LogP contribution >= 0.6 is 22.9 Å². The number of ether oxygens (including phenoxy) is 1. The SMILES string of the molecule is Cc1nc(CN2Cc3ccccc3Oc3ccc(Cl)cc32)cs1. The van der Waals surface area contributed by atoms with E-state index in [4.69, 9.17) is 16.3 Å². The van der Waals surface area contributed by atoms with Crippen LogP contribution in [0, 0.1) is 6.92 Å². The molecule has 3 aromatic rings. The maximum atomic E-state index is 6.22. The Hall–Kier alpha value is -2.04. The highest BCUT2D eigenvalue weighted by molar-refractivity contribution is 7.09. The minimum Gasteiger partial charge on any atom is -0.455 e. The Kier molecular flexibility index (Phi) is 3.71. The molecule has 0 N–H and O–H groups in total. The molecule has 1 aliphatic rings. The van der Waals surface area contributed by atoms with E-state index < -0.39 is 0 Å². The van der Waals surface area contributed by atoms with E-state index in [0.29, 0.717) is 5.02 Å². The summed E-state index contributed by atoms with van der Waals surface area (Å²) in [4.78, 5) is 6.86. The van der Waals surface area contributed by atoms with Gasteiger partial charge in [-0.2, -0.15) is 0 Å². The number of aryl methyl sites for hydroxylation is 1. The van der Waals surface area contributed by atoms with Gasteiger partial charge >= 0.3 is 0 Å². The van der Waals surface area contributed by atoms with Gasteiger partial charge in [0.2, 0.25) is 0 Å². The average Bonchev–Trinajstić information content (AvgIpc) is 2.88. The van der Waals surface area contributed by atoms with Gasteiger partial charge in [-0.1, -0.05) is 29.8 Å². The zero-order chi connectivity index (χ0) is 15.8. The van der Waals surface area contributed by atoms with E-state index in [1.165, 1.54) is 0 Å². The van der Waals surface area contributed by atoms with Crippen molar-refractivity contribution in [2.45, 2.75) is 20.0 Å². The summed E-state index contributed by atoms with van der Waals surface area (Å²) in [6, 6.07) is 13.9. The molecule has 0 atom stereocenters. The maximum absolute atomic E-state index is 6.22. The van der Waals surface area contributed by atoms with Crippen molar-refractivity contribution in [3.8, 4) is 11.5 Å². The number of para-hydroxylation sites is 1. The van der Waals surface area contributed by atoms with Gasteiger partial charge in [0.05, 0.1) is 22.9 Å². The first-order valence-corrected chi connectivity index (χ1v) is 8.66. The largest absolute Gasteiger partial charge is 0.455 e. The van der Waals surface area contributed by atoms with E-state index >= 15 is 0 Å². The van der Waals surface area contributed by atoms with Gasteiger partial charge in [-0.3, -0.25) is 0 Å². The molecule has 116 valence electrons. The molecule has 0 saturated heterocycles. The third-order valence-electron chi connectivity index (χ3n) is 3.83. The van der Waals surface area contributed by atoms with Crippen molar-refractivity contribution in [1.29, 1.82) is 0 Å². The first kappa shape index (κ1) is 14.5. The van der Waals surface area contributed by atoms with Crippen LogP contribution in [0.25, 0.3) is 0 Å². The Morgan fingerprint density at radius 2 is 2.09 bits per heavy atom. The molecule has 0 bridgehead atoms. The Labute approximate surface area is 144 Å². The van der Waals surface area contributed by atoms with Gasteiger partial charge in [-0.15, -0.1) is 11.3 Å². The molecule has 2 aromatic carbocycles. The van der Waals surface area contributed by atoms with Crippen LogP contribution in [-0.4, -0.2) is 4.98 Å². The van der Waals surface area contributed by atoms with Crippen LogP contribution < -0.4 is 9.64 Å². The maximum Gasteiger partial charge on any atom is 0.150 e. The molecule has 0 aliphatic carbocycles. The van der Waals surface area contributed by atoms with Crippen molar-refractivity contribution in [3.63, 3.8) is 0 Å². The Morgan fingerprint density at radius 1 is 1.22 bits per heavy atom. The normalized spacial score (nSPS) is 13.0. The smallest absolute Gasteiger partial charge is 0.150 e. The van der Waals surface area contributed by atoms with Crippen molar-refractivity contribution in [1.82, 2.24) is 4.98 Å². The quantitative estimate of drug-likeness (QED) is 0.622. The van der Waals surface area contributed by atoms with Crippen molar-refractivity contribution >= 4 is 28.6 Å². The summed E-state index contributed by atoms with van der Waals surface area (Å²) in [5, 5.41) is 3.90. The molecular weight excluding hydrogens is 328 g/mol. The number of thiazole rings is 1. The summed E-state index contributed by atoms with van der Waals surface area (Å²) < 4.78 is 6.11. The molecular formula is C18H15ClN2OS. The van der Waals surface area contributed by atoms with Crippen LogP contribution in [0.2, 0.25) is 5.02 Å². The Balaban J connectivity index is 1.78. The standard InChI is InChI=1S/C18H15ClN2OS/c1-12-20-15(11-23-12)10-21-9-13-4-2-3-5-17(13)22-18-7-6-14(19)8-16(18)21/h2-8,11H,9-10H2,1H3. The van der Waals surface area contributed by atoms with E-state index in [-0.39, 0.29) is 0 Å². The summed E-state index contributed by atoms with van der Waals surface area (Å²) in [6.45, 7) is 3.52. The fourth-order valence-corrected chi connectivity index (χ4v) is 3.55. The summed E-state index contributed by atoms with van der Waals surface area (Å²) in [5.41, 5.74) is 3.23. The van der Waals surface area contributed by atoms with Gasteiger partial charge in [0.15, 0.2) is 5.75 Å². The lowest BCUT2D eigenvalue weighted by atomic mass is 10.2. The number of benzene rings is 2. The van der Waals surface area contributed by atoms with Crippen LogP contribution in [0.5, 0.6) is 11.5 Å². The Bertz CT molecular complexity index is 862. The van der Waals surface area contributed by atoms with Crippen LogP contribution in [-0.2, 0) is 13.1 Å². The van der Waals surface area contributed by atoms with Gasteiger partial charge in [-0.25, -0.2) is 4.98 Å². The highest BCUT2D eigenvalue weighted by Crippen LogP contribution is 2.40. The monoisotopic (exact) mass is 342 g/mol. The van der Waals surface area contributed by atoms with Crippen LogP contribution in [0.1, 0.15) is 16.3 Å². The van der Waals surface area contributed by atoms with Crippen LogP contribution in [0.3, 0.4) is 0 Å². The molecule has 23 heavy (non-hydrogen) atoms. The first-order chi connectivity index (χ1) is 11.2. The van der Waals surface area contributed by atoms with E-state index in [1.807, 2.05) is 43.3 Å². The summed E-state index contributed by atoms with van der Waals surface area (Å²) in [7, 11) is 0. The number of fused-ring (bicyclic) bond motifs is 2. The number of halogens is 1. The second kappa shape index (κ2) is 5.87. The minimum absolute atomic E-state index is 0.706. The third-order valence-corrected chi connectivity index (χ3v) is 4.89. The molecule has 0 spiro atoms. The van der Waals surface area contributed by atoms with Gasteiger partial charge < -0.3 is 9.64 Å². The summed E-state index contributed by atoms with van der Waals surface area (Å²) >= 11 is 7.89. The predicted molar refractivity (Wildman–Crippen MR) is 94.7 cm³/mol. The molecule has 0 fully saturated rings. The molecule has 5 heteroatoms. The molecule has 1 aromatic heterocycles. The van der Waals surface area contributed by atoms with Gasteiger partial charge in [-0.05, 0) is 31.2 Å². The van der Waals surface area contributed by atoms with Crippen molar-refractivity contribution in [2.24, 2.45) is 0 Å². The molecule has 3 nitrogen and oxygen atoms in total. The summed E-state index contributed by atoms with van der Waals surface area (Å²) in [6.07, 6.45) is 0. The minimum atomic E-state index is 0.706. The van der Waals surface area contributed by atoms with E-state index in [9.17, 15) is 0 Å². The zero-order valence-corrected chi connectivity index (χ0v) is 14.2. The molecule has 0 unspecified atom stereocenters. The number of hydrogen-bond acceptors (Lipinski definition) is 4. The van der Waals surface area contributed by atoms with Gasteiger partial charge in [0.1, 0.15) is 5.75 Å². The van der Waals surface area contributed by atoms with Crippen LogP contribution in [0.15, 0.2) is 47.8 Å². The molecule has 4 rings (SSSR count). The first-order valence-electron chi connectivity index (χ1n) is 7.40. The third kappa shape index (κ3) is 2.92. The highest BCUT2D eigenvalue weighted by Gasteiger charge is 2.21. The lowest BCUT2D eigenvalue weighted by Gasteiger charge is -2.23. The number of hydrogen-bond donors (Lipinski definition) is 0. The van der Waals surface area contributed by atoms with E-state index in [1.54, 1.807) is 11.3 Å². The number of rotatable bonds is 2. The molecule has 0 saturated carbocycles. The molecule has 0 radical (unpaired) electrons. The fraction of sp³-hybridized carbons (Fsp3) is 0.167. The van der Waals surface area contributed by atoms with E-state index in [0.717, 1.165) is 46.5 Å². The summed E-state index contributed by atoms with van der Waals surface area (Å²) in [5.74, 6) is 1.72. The fourth-order valence-electron chi connectivity index (χ4n) is 2.78. The van der Waals surface area contributed by atoms with Crippen molar-refractivity contribution in [2.75, 3.05) is 4.90 Å². The van der Waals surface area contributed by atoms with Crippen molar-refractivity contribution in [3.05, 3.63) is 69.1 Å². The van der Waals surface area contributed by atoms with Crippen molar-refractivity contribution < 1.29 is 4.74 Å². The number of anilines is 1. The predicted octanol–water partition coefficient (Wildman–Crippen LogP) is 5.42. The van der Waals surface area contributed by atoms with Crippen LogP contribution in [0.4, 0.5) is 5.69 Å². The lowest BCUT2D eigenvalue weighted by Crippen LogP contribution is -2.21. The second-order valence-corrected chi connectivity index (χ2v) is 7.03. The average molecular weight is 343 g/mol. The molecule has 1 aliphatic heterocycles. The zero-order valence-electron chi connectivity index (χ0n) is 12.6. The van der Waals surface area contributed by atoms with E-state index in [2.05, 4.69) is 21.3 Å². The van der Waals surface area contributed by atoms with Gasteiger partial charge in [0, 0.05) is 22.5 Å². The van der Waals surface area contributed by atoms with Gasteiger partial charge in [0.25, 0.3) is 0 Å². The number of aromatic nitrogens is 1. The topological polar surface area (TPSA) is 25.4 Å².